The maximum atomic E-state index is 13.4. The normalized spacial score (nSPS) is 16.1. The quantitative estimate of drug-likeness (QED) is 0.522. The summed E-state index contributed by atoms with van der Waals surface area (Å²) in [6.07, 6.45) is -3.01. The van der Waals surface area contributed by atoms with E-state index in [0.29, 0.717) is 11.4 Å². The van der Waals surface area contributed by atoms with Crippen LogP contribution in [0, 0.1) is 5.92 Å². The van der Waals surface area contributed by atoms with E-state index in [2.05, 4.69) is 17.4 Å². The smallest absolute Gasteiger partial charge is 0.390 e. The monoisotopic (exact) mass is 496 g/mol. The fourth-order valence-corrected chi connectivity index (χ4v) is 6.10. The Kier molecular flexibility index (Phi) is 7.87. The third kappa shape index (κ3) is 6.41. The van der Waals surface area contributed by atoms with Crippen LogP contribution >= 0.6 is 0 Å². The lowest BCUT2D eigenvalue weighted by Gasteiger charge is -2.31. The molecule has 0 spiro atoms. The first-order valence-corrected chi connectivity index (χ1v) is 12.8. The Hall–Kier alpha value is -1.88. The second-order valence-electron chi connectivity index (χ2n) is 9.95. The molecule has 0 unspecified atom stereocenters. The Balaban J connectivity index is 1.59. The number of nitrogens with one attached hydrogen (secondary N) is 1. The topological polar surface area (TPSA) is 69.6 Å². The summed E-state index contributed by atoms with van der Waals surface area (Å²) < 4.78 is 66.9. The van der Waals surface area contributed by atoms with Crippen molar-refractivity contribution in [2.24, 2.45) is 5.92 Å². The van der Waals surface area contributed by atoms with E-state index in [9.17, 15) is 26.7 Å². The molecule has 2 aromatic carbocycles. The molecule has 3 rings (SSSR count). The van der Waals surface area contributed by atoms with Crippen molar-refractivity contribution < 1.29 is 26.7 Å². The molecule has 5 nitrogen and oxygen atoms in total. The lowest BCUT2D eigenvalue weighted by molar-refractivity contribution is -0.139. The maximum absolute atomic E-state index is 13.4. The van der Waals surface area contributed by atoms with Gasteiger partial charge in [0.05, 0.1) is 16.6 Å². The van der Waals surface area contributed by atoms with Crippen molar-refractivity contribution in [2.45, 2.75) is 55.8 Å². The van der Waals surface area contributed by atoms with Crippen LogP contribution in [0.4, 0.5) is 13.2 Å². The van der Waals surface area contributed by atoms with Gasteiger partial charge in [0.25, 0.3) is 0 Å². The molecular weight excluding hydrogens is 464 g/mol. The van der Waals surface area contributed by atoms with Gasteiger partial charge in [0.15, 0.2) is 0 Å². The SMILES string of the molecule is Bc1ccc(S(=O)(=O)N(C)C[C@H](O)CNC(C)(C)CC2Cc3ccccc3C2)c(C(F)(F)F)c1. The molecular formula is C24H32BF3N2O3S. The fraction of sp³-hybridized carbons (Fsp3) is 0.500. The molecule has 1 aliphatic carbocycles. The van der Waals surface area contributed by atoms with Gasteiger partial charge in [-0.15, -0.1) is 0 Å². The fourth-order valence-electron chi connectivity index (χ4n) is 4.70. The minimum atomic E-state index is -4.81. The van der Waals surface area contributed by atoms with Crippen molar-refractivity contribution in [3.63, 3.8) is 0 Å². The van der Waals surface area contributed by atoms with Gasteiger partial charge < -0.3 is 10.4 Å². The molecule has 2 N–H and O–H groups in total. The molecule has 0 bridgehead atoms. The number of aliphatic hydroxyl groups excluding tert-OH is 1. The van der Waals surface area contributed by atoms with Crippen molar-refractivity contribution in [3.05, 3.63) is 59.2 Å². The number of nitrogens with zero attached hydrogens (tertiary/aromatic N) is 1. The number of sulfonamides is 1. The minimum absolute atomic E-state index is 0.118. The van der Waals surface area contributed by atoms with E-state index in [1.807, 2.05) is 26.0 Å². The molecule has 1 atom stereocenters. The molecule has 0 radical (unpaired) electrons. The third-order valence-corrected chi connectivity index (χ3v) is 8.23. The van der Waals surface area contributed by atoms with Crippen molar-refractivity contribution in [3.8, 4) is 0 Å². The summed E-state index contributed by atoms with van der Waals surface area (Å²) in [6.45, 7) is 3.86. The van der Waals surface area contributed by atoms with Crippen LogP contribution < -0.4 is 10.8 Å². The van der Waals surface area contributed by atoms with Gasteiger partial charge in [-0.25, -0.2) is 8.42 Å². The molecule has 10 heteroatoms. The molecule has 0 saturated carbocycles. The Morgan fingerprint density at radius 3 is 2.29 bits per heavy atom. The van der Waals surface area contributed by atoms with Crippen LogP contribution in [-0.4, -0.2) is 57.5 Å². The Morgan fingerprint density at radius 2 is 1.74 bits per heavy atom. The van der Waals surface area contributed by atoms with Crippen molar-refractivity contribution in [1.82, 2.24) is 9.62 Å². The molecule has 0 aliphatic heterocycles. The van der Waals surface area contributed by atoms with Gasteiger partial charge in [-0.1, -0.05) is 41.9 Å². The minimum Gasteiger partial charge on any atom is -0.390 e. The number of β-amino-alcohol motifs (C(OH)–C–C–N with tert-alkyl or cyclic N) is 1. The summed E-state index contributed by atoms with van der Waals surface area (Å²) in [5.74, 6) is 0.474. The van der Waals surface area contributed by atoms with E-state index in [0.717, 1.165) is 35.7 Å². The molecule has 0 amide bonds. The maximum Gasteiger partial charge on any atom is 0.417 e. The van der Waals surface area contributed by atoms with Crippen LogP contribution in [0.3, 0.4) is 0 Å². The van der Waals surface area contributed by atoms with Crippen molar-refractivity contribution >= 4 is 23.3 Å². The van der Waals surface area contributed by atoms with Gasteiger partial charge in [0.1, 0.15) is 7.85 Å². The standard InChI is InChI=1S/C24H32BF3N2O3S/c1-23(2,13-16-10-17-6-4-5-7-18(17)11-16)29-14-20(31)15-30(3)34(32,33)22-9-8-19(25)12-21(22)24(26,27)28/h4-9,12,16,20,29,31H,10-11,13-15,25H2,1-3H3/t20-/m1/s1. The van der Waals surface area contributed by atoms with Crippen LogP contribution in [0.5, 0.6) is 0 Å². The first-order chi connectivity index (χ1) is 15.7. The summed E-state index contributed by atoms with van der Waals surface area (Å²) in [6, 6.07) is 11.5. The van der Waals surface area contributed by atoms with Gasteiger partial charge in [-0.3, -0.25) is 0 Å². The predicted molar refractivity (Wildman–Crippen MR) is 129 cm³/mol. The molecule has 0 heterocycles. The lowest BCUT2D eigenvalue weighted by Crippen LogP contribution is -2.47. The number of hydrogen-bond donors (Lipinski definition) is 2. The van der Waals surface area contributed by atoms with Crippen molar-refractivity contribution in [1.29, 1.82) is 0 Å². The van der Waals surface area contributed by atoms with E-state index in [-0.39, 0.29) is 18.6 Å². The van der Waals surface area contributed by atoms with Crippen LogP contribution in [0.25, 0.3) is 0 Å². The molecule has 34 heavy (non-hydrogen) atoms. The zero-order valence-electron chi connectivity index (χ0n) is 20.0. The first kappa shape index (κ1) is 26.7. The summed E-state index contributed by atoms with van der Waals surface area (Å²) in [7, 11) is -1.79. The molecule has 0 saturated heterocycles. The highest BCUT2D eigenvalue weighted by Crippen LogP contribution is 2.35. The number of aliphatic hydroxyl groups is 1. The highest BCUT2D eigenvalue weighted by molar-refractivity contribution is 7.89. The number of hydrogen-bond acceptors (Lipinski definition) is 4. The summed E-state index contributed by atoms with van der Waals surface area (Å²) in [5, 5.41) is 13.8. The zero-order valence-corrected chi connectivity index (χ0v) is 20.8. The number of benzene rings is 2. The largest absolute Gasteiger partial charge is 0.417 e. The van der Waals surface area contributed by atoms with Gasteiger partial charge in [0, 0.05) is 25.7 Å². The average molecular weight is 496 g/mol. The zero-order chi connectivity index (χ0) is 25.3. The van der Waals surface area contributed by atoms with E-state index in [4.69, 9.17) is 0 Å². The molecule has 0 fully saturated rings. The van der Waals surface area contributed by atoms with Gasteiger partial charge in [-0.2, -0.15) is 17.5 Å². The van der Waals surface area contributed by atoms with Crippen molar-refractivity contribution in [2.75, 3.05) is 20.1 Å². The number of rotatable bonds is 9. The highest BCUT2D eigenvalue weighted by atomic mass is 32.2. The first-order valence-electron chi connectivity index (χ1n) is 11.3. The van der Waals surface area contributed by atoms with E-state index < -0.39 is 32.8 Å². The van der Waals surface area contributed by atoms with Crippen LogP contribution in [-0.2, 0) is 29.0 Å². The Bertz CT molecular complexity index is 1100. The number of halogens is 3. The molecule has 1 aliphatic rings. The van der Waals surface area contributed by atoms with E-state index >= 15 is 0 Å². The van der Waals surface area contributed by atoms with Gasteiger partial charge in [-0.05, 0) is 56.2 Å². The summed E-state index contributed by atoms with van der Waals surface area (Å²) >= 11 is 0. The van der Waals surface area contributed by atoms with Crippen LogP contribution in [0.1, 0.15) is 37.0 Å². The van der Waals surface area contributed by atoms with E-state index in [1.54, 1.807) is 0 Å². The average Bonchev–Trinajstić information content (AvgIpc) is 3.13. The van der Waals surface area contributed by atoms with Crippen LogP contribution in [0.15, 0.2) is 47.4 Å². The number of likely N-dealkylation sites (N-methyl/N-ethyl adjacent to an activating group) is 1. The van der Waals surface area contributed by atoms with Gasteiger partial charge in [0.2, 0.25) is 10.0 Å². The second-order valence-corrected chi connectivity index (χ2v) is 12.0. The molecule has 2 aromatic rings. The lowest BCUT2D eigenvalue weighted by atomic mass is 9.88. The third-order valence-electron chi connectivity index (χ3n) is 6.35. The predicted octanol–water partition coefficient (Wildman–Crippen LogP) is 2.12. The Morgan fingerprint density at radius 1 is 1.15 bits per heavy atom. The highest BCUT2D eigenvalue weighted by Gasteiger charge is 2.39. The second kappa shape index (κ2) is 10.0. The molecule has 0 aromatic heterocycles. The van der Waals surface area contributed by atoms with E-state index in [1.165, 1.54) is 32.1 Å². The summed E-state index contributed by atoms with van der Waals surface area (Å²) in [4.78, 5) is -0.811. The molecule has 186 valence electrons. The number of alkyl halides is 3. The summed E-state index contributed by atoms with van der Waals surface area (Å²) in [5.41, 5.74) is 1.54. The Labute approximate surface area is 200 Å². The van der Waals surface area contributed by atoms with Crippen LogP contribution in [0.2, 0.25) is 0 Å². The number of fused-ring (bicyclic) bond motifs is 1. The van der Waals surface area contributed by atoms with Gasteiger partial charge >= 0.3 is 6.18 Å².